The van der Waals surface area contributed by atoms with E-state index in [1.165, 1.54) is 57.8 Å². The standard InChI is InChI=1S/C14H29O4P/c1-2-3-4-5-6-7-8-9-10-11-12-13-14-18-19(15,16)17/h13-14H,2-12H2,1H3,(H2,15,16,17)/b14-13+. The van der Waals surface area contributed by atoms with Crippen molar-refractivity contribution in [2.24, 2.45) is 0 Å². The number of unbranched alkanes of at least 4 members (excludes halogenated alkanes) is 10. The van der Waals surface area contributed by atoms with E-state index in [1.54, 1.807) is 6.08 Å². The predicted octanol–water partition coefficient (Wildman–Crippen LogP) is 4.92. The summed E-state index contributed by atoms with van der Waals surface area (Å²) in [5, 5.41) is 0. The summed E-state index contributed by atoms with van der Waals surface area (Å²) in [6.07, 6.45) is 16.5. The zero-order chi connectivity index (χ0) is 14.4. The minimum Gasteiger partial charge on any atom is -0.413 e. The van der Waals surface area contributed by atoms with Gasteiger partial charge in [0.05, 0.1) is 6.26 Å². The summed E-state index contributed by atoms with van der Waals surface area (Å²) >= 11 is 0. The predicted molar refractivity (Wildman–Crippen MR) is 78.7 cm³/mol. The van der Waals surface area contributed by atoms with Gasteiger partial charge in [0.2, 0.25) is 0 Å². The Kier molecular flexibility index (Phi) is 12.5. The summed E-state index contributed by atoms with van der Waals surface area (Å²) in [7, 11) is -4.33. The number of phosphoric ester groups is 1. The second-order valence-corrected chi connectivity index (χ2v) is 6.13. The molecule has 114 valence electrons. The second-order valence-electron chi connectivity index (χ2n) is 4.94. The lowest BCUT2D eigenvalue weighted by atomic mass is 10.1. The fraction of sp³-hybridized carbons (Fsp3) is 0.857. The van der Waals surface area contributed by atoms with Crippen molar-refractivity contribution in [3.63, 3.8) is 0 Å². The fourth-order valence-corrected chi connectivity index (χ4v) is 2.18. The van der Waals surface area contributed by atoms with Crippen molar-refractivity contribution in [3.8, 4) is 0 Å². The third-order valence-corrected chi connectivity index (χ3v) is 3.42. The van der Waals surface area contributed by atoms with Crippen molar-refractivity contribution in [1.82, 2.24) is 0 Å². The highest BCUT2D eigenvalue weighted by atomic mass is 31.2. The van der Waals surface area contributed by atoms with Gasteiger partial charge in [0.15, 0.2) is 0 Å². The van der Waals surface area contributed by atoms with E-state index in [1.807, 2.05) is 0 Å². The Labute approximate surface area is 117 Å². The topological polar surface area (TPSA) is 66.8 Å². The normalized spacial score (nSPS) is 12.2. The Balaban J connectivity index is 3.13. The fourth-order valence-electron chi connectivity index (χ4n) is 1.94. The molecule has 0 amide bonds. The number of rotatable bonds is 13. The lowest BCUT2D eigenvalue weighted by molar-refractivity contribution is 0.258. The average Bonchev–Trinajstić information content (AvgIpc) is 2.34. The van der Waals surface area contributed by atoms with E-state index >= 15 is 0 Å². The molecule has 0 radical (unpaired) electrons. The van der Waals surface area contributed by atoms with Gasteiger partial charge in [0, 0.05) is 0 Å². The Bertz CT molecular complexity index is 260. The molecule has 0 aliphatic rings. The molecule has 0 aliphatic heterocycles. The minimum atomic E-state index is -4.33. The number of phosphoric acid groups is 1. The molecule has 19 heavy (non-hydrogen) atoms. The molecule has 0 aromatic heterocycles. The first-order valence-corrected chi connectivity index (χ1v) is 8.98. The van der Waals surface area contributed by atoms with Crippen LogP contribution in [-0.2, 0) is 9.09 Å². The van der Waals surface area contributed by atoms with E-state index in [4.69, 9.17) is 9.79 Å². The zero-order valence-electron chi connectivity index (χ0n) is 12.1. The molecule has 0 bridgehead atoms. The van der Waals surface area contributed by atoms with Crippen LogP contribution in [0.25, 0.3) is 0 Å². The van der Waals surface area contributed by atoms with Crippen LogP contribution in [0.1, 0.15) is 77.6 Å². The maximum Gasteiger partial charge on any atom is 0.524 e. The third kappa shape index (κ3) is 17.7. The zero-order valence-corrected chi connectivity index (χ0v) is 13.0. The molecule has 0 heterocycles. The molecule has 0 fully saturated rings. The Morgan fingerprint density at radius 1 is 0.895 bits per heavy atom. The summed E-state index contributed by atoms with van der Waals surface area (Å²) in [4.78, 5) is 16.9. The quantitative estimate of drug-likeness (QED) is 0.287. The van der Waals surface area contributed by atoms with Crippen LogP contribution in [0.5, 0.6) is 0 Å². The van der Waals surface area contributed by atoms with Crippen LogP contribution in [0.3, 0.4) is 0 Å². The molecule has 0 spiro atoms. The molecule has 5 heteroatoms. The van der Waals surface area contributed by atoms with Crippen LogP contribution < -0.4 is 0 Å². The third-order valence-electron chi connectivity index (χ3n) is 3.02. The van der Waals surface area contributed by atoms with Crippen molar-refractivity contribution < 1.29 is 18.9 Å². The number of allylic oxidation sites excluding steroid dienone is 1. The summed E-state index contributed by atoms with van der Waals surface area (Å²) in [5.41, 5.74) is 0. The largest absolute Gasteiger partial charge is 0.524 e. The van der Waals surface area contributed by atoms with Crippen LogP contribution >= 0.6 is 7.82 Å². The maximum absolute atomic E-state index is 10.4. The van der Waals surface area contributed by atoms with Crippen LogP contribution in [-0.4, -0.2) is 9.79 Å². The first-order chi connectivity index (χ1) is 9.06. The van der Waals surface area contributed by atoms with Gasteiger partial charge in [-0.3, -0.25) is 9.79 Å². The summed E-state index contributed by atoms with van der Waals surface area (Å²) < 4.78 is 14.6. The molecule has 0 aromatic rings. The smallest absolute Gasteiger partial charge is 0.413 e. The lowest BCUT2D eigenvalue weighted by Crippen LogP contribution is -1.82. The minimum absolute atomic E-state index is 0.816. The highest BCUT2D eigenvalue weighted by Gasteiger charge is 2.10. The highest BCUT2D eigenvalue weighted by Crippen LogP contribution is 2.35. The first kappa shape index (κ1) is 18.7. The van der Waals surface area contributed by atoms with Gasteiger partial charge in [-0.2, -0.15) is 0 Å². The van der Waals surface area contributed by atoms with Crippen LogP contribution in [0.4, 0.5) is 0 Å². The maximum atomic E-state index is 10.4. The van der Waals surface area contributed by atoms with Crippen LogP contribution in [0.2, 0.25) is 0 Å². The van der Waals surface area contributed by atoms with E-state index in [9.17, 15) is 4.57 Å². The van der Waals surface area contributed by atoms with Crippen molar-refractivity contribution in [2.75, 3.05) is 0 Å². The second kappa shape index (κ2) is 12.7. The Morgan fingerprint density at radius 2 is 1.37 bits per heavy atom. The molecular formula is C14H29O4P. The molecule has 2 N–H and O–H groups in total. The number of hydrogen-bond donors (Lipinski definition) is 2. The van der Waals surface area contributed by atoms with Gasteiger partial charge in [-0.25, -0.2) is 4.57 Å². The summed E-state index contributed by atoms with van der Waals surface area (Å²) in [6, 6.07) is 0. The van der Waals surface area contributed by atoms with Gasteiger partial charge in [-0.05, 0) is 18.9 Å². The van der Waals surface area contributed by atoms with Gasteiger partial charge in [-0.1, -0.05) is 64.7 Å². The molecule has 0 saturated heterocycles. The van der Waals surface area contributed by atoms with Gasteiger partial charge < -0.3 is 4.52 Å². The van der Waals surface area contributed by atoms with E-state index < -0.39 is 7.82 Å². The van der Waals surface area contributed by atoms with E-state index in [-0.39, 0.29) is 0 Å². The van der Waals surface area contributed by atoms with Gasteiger partial charge in [0.1, 0.15) is 0 Å². The van der Waals surface area contributed by atoms with Crippen molar-refractivity contribution >= 4 is 7.82 Å². The molecular weight excluding hydrogens is 263 g/mol. The monoisotopic (exact) mass is 292 g/mol. The van der Waals surface area contributed by atoms with E-state index in [2.05, 4.69) is 11.4 Å². The molecule has 0 aromatic carbocycles. The first-order valence-electron chi connectivity index (χ1n) is 7.45. The lowest BCUT2D eigenvalue weighted by Gasteiger charge is -2.01. The molecule has 4 nitrogen and oxygen atoms in total. The Morgan fingerprint density at radius 3 is 1.84 bits per heavy atom. The molecule has 0 saturated carbocycles. The summed E-state index contributed by atoms with van der Waals surface area (Å²) in [5.74, 6) is 0. The van der Waals surface area contributed by atoms with Gasteiger partial charge in [-0.15, -0.1) is 0 Å². The van der Waals surface area contributed by atoms with Crippen LogP contribution in [0.15, 0.2) is 12.3 Å². The van der Waals surface area contributed by atoms with Crippen LogP contribution in [0, 0.1) is 0 Å². The van der Waals surface area contributed by atoms with Gasteiger partial charge >= 0.3 is 7.82 Å². The van der Waals surface area contributed by atoms with Gasteiger partial charge in [0.25, 0.3) is 0 Å². The SMILES string of the molecule is CCCCCCCCCCCC/C=C/OP(=O)(O)O. The molecule has 0 atom stereocenters. The van der Waals surface area contributed by atoms with Crippen molar-refractivity contribution in [3.05, 3.63) is 12.3 Å². The molecule has 0 rings (SSSR count). The molecule has 0 unspecified atom stereocenters. The number of hydrogen-bond acceptors (Lipinski definition) is 2. The van der Waals surface area contributed by atoms with Crippen molar-refractivity contribution in [2.45, 2.75) is 77.6 Å². The molecule has 0 aliphatic carbocycles. The summed E-state index contributed by atoms with van der Waals surface area (Å²) in [6.45, 7) is 2.24. The highest BCUT2D eigenvalue weighted by molar-refractivity contribution is 7.46. The Hall–Kier alpha value is -0.310. The van der Waals surface area contributed by atoms with E-state index in [0.29, 0.717) is 0 Å². The van der Waals surface area contributed by atoms with E-state index in [0.717, 1.165) is 19.1 Å². The average molecular weight is 292 g/mol. The van der Waals surface area contributed by atoms with Crippen molar-refractivity contribution in [1.29, 1.82) is 0 Å².